The lowest BCUT2D eigenvalue weighted by molar-refractivity contribution is 0.375. The molecule has 0 N–H and O–H groups in total. The van der Waals surface area contributed by atoms with E-state index in [0.717, 1.165) is 11.8 Å². The van der Waals surface area contributed by atoms with E-state index in [2.05, 4.69) is 27.7 Å². The fourth-order valence-electron chi connectivity index (χ4n) is 2.55. The molecule has 0 nitrogen and oxygen atoms in total. The van der Waals surface area contributed by atoms with Gasteiger partial charge in [-0.05, 0) is 11.8 Å². The first kappa shape index (κ1) is 17.0. The van der Waals surface area contributed by atoms with E-state index < -0.39 is 0 Å². The Balaban J connectivity index is 3.42. The predicted octanol–water partition coefficient (Wildman–Crippen LogP) is 6.59. The van der Waals surface area contributed by atoms with E-state index in [1.807, 2.05) is 0 Å². The van der Waals surface area contributed by atoms with Gasteiger partial charge in [-0.15, -0.1) is 0 Å². The van der Waals surface area contributed by atoms with Crippen molar-refractivity contribution in [3.8, 4) is 0 Å². The Morgan fingerprint density at radius 3 is 1.88 bits per heavy atom. The lowest BCUT2D eigenvalue weighted by atomic mass is 9.90. The molecular weight excluding hydrogens is 204 g/mol. The molecule has 2 atom stereocenters. The topological polar surface area (TPSA) is 0 Å². The van der Waals surface area contributed by atoms with E-state index in [1.54, 1.807) is 0 Å². The summed E-state index contributed by atoms with van der Waals surface area (Å²) in [5.74, 6) is 1.96. The fourth-order valence-corrected chi connectivity index (χ4v) is 2.55. The van der Waals surface area contributed by atoms with Crippen LogP contribution in [-0.4, -0.2) is 0 Å². The van der Waals surface area contributed by atoms with Gasteiger partial charge in [0.1, 0.15) is 0 Å². The van der Waals surface area contributed by atoms with Crippen molar-refractivity contribution in [2.24, 2.45) is 11.8 Å². The predicted molar refractivity (Wildman–Crippen MR) is 80.5 cm³/mol. The molecule has 0 fully saturated rings. The Labute approximate surface area is 111 Å². The third-order valence-electron chi connectivity index (χ3n) is 4.30. The molecule has 0 rings (SSSR count). The highest BCUT2D eigenvalue weighted by Gasteiger charge is 2.07. The number of hydrogen-bond acceptors (Lipinski definition) is 0. The summed E-state index contributed by atoms with van der Waals surface area (Å²) in [6.07, 6.45) is 15.8. The van der Waals surface area contributed by atoms with Gasteiger partial charge in [-0.3, -0.25) is 0 Å². The molecule has 0 saturated carbocycles. The molecule has 104 valence electrons. The normalized spacial score (nSPS) is 14.8. The summed E-state index contributed by atoms with van der Waals surface area (Å²) in [4.78, 5) is 0. The van der Waals surface area contributed by atoms with Crippen LogP contribution in [0.3, 0.4) is 0 Å². The summed E-state index contributed by atoms with van der Waals surface area (Å²) in [5.41, 5.74) is 0. The summed E-state index contributed by atoms with van der Waals surface area (Å²) < 4.78 is 0. The van der Waals surface area contributed by atoms with E-state index in [-0.39, 0.29) is 0 Å². The third-order valence-corrected chi connectivity index (χ3v) is 4.30. The molecule has 2 unspecified atom stereocenters. The second-order valence-electron chi connectivity index (χ2n) is 5.92. The minimum absolute atomic E-state index is 0.942. The number of hydrogen-bond donors (Lipinski definition) is 0. The van der Waals surface area contributed by atoms with E-state index in [4.69, 9.17) is 0 Å². The van der Waals surface area contributed by atoms with Crippen LogP contribution < -0.4 is 0 Å². The first-order valence-corrected chi connectivity index (χ1v) is 8.24. The molecular formula is C17H36. The van der Waals surface area contributed by atoms with Gasteiger partial charge in [-0.2, -0.15) is 0 Å². The van der Waals surface area contributed by atoms with Crippen LogP contribution >= 0.6 is 0 Å². The molecule has 0 spiro atoms. The zero-order valence-corrected chi connectivity index (χ0v) is 12.9. The summed E-state index contributed by atoms with van der Waals surface area (Å²) in [6.45, 7) is 9.38. The zero-order valence-electron chi connectivity index (χ0n) is 12.9. The Bertz CT molecular complexity index is 139. The van der Waals surface area contributed by atoms with Crippen molar-refractivity contribution < 1.29 is 0 Å². The van der Waals surface area contributed by atoms with Crippen molar-refractivity contribution in [1.82, 2.24) is 0 Å². The van der Waals surface area contributed by atoms with Gasteiger partial charge in [0.15, 0.2) is 0 Å². The van der Waals surface area contributed by atoms with Crippen LogP contribution in [0.1, 0.15) is 98.3 Å². The molecule has 0 radical (unpaired) electrons. The van der Waals surface area contributed by atoms with Crippen molar-refractivity contribution in [3.05, 3.63) is 0 Å². The molecule has 0 heterocycles. The van der Waals surface area contributed by atoms with Gasteiger partial charge in [0, 0.05) is 0 Å². The quantitative estimate of drug-likeness (QED) is 0.338. The molecule has 0 amide bonds. The second kappa shape index (κ2) is 12.5. The third kappa shape index (κ3) is 10.9. The molecule has 0 heteroatoms. The molecule has 0 aromatic rings. The summed E-state index contributed by atoms with van der Waals surface area (Å²) >= 11 is 0. The summed E-state index contributed by atoms with van der Waals surface area (Å²) in [6, 6.07) is 0. The van der Waals surface area contributed by atoms with Gasteiger partial charge < -0.3 is 0 Å². The molecule has 0 aromatic carbocycles. The van der Waals surface area contributed by atoms with Crippen LogP contribution in [0.5, 0.6) is 0 Å². The van der Waals surface area contributed by atoms with E-state index >= 15 is 0 Å². The van der Waals surface area contributed by atoms with Crippen molar-refractivity contribution in [3.63, 3.8) is 0 Å². The highest BCUT2D eigenvalue weighted by molar-refractivity contribution is 4.60. The van der Waals surface area contributed by atoms with Crippen LogP contribution in [-0.2, 0) is 0 Å². The van der Waals surface area contributed by atoms with Crippen LogP contribution in [0.15, 0.2) is 0 Å². The summed E-state index contributed by atoms with van der Waals surface area (Å²) in [5, 5.41) is 0. The average molecular weight is 240 g/mol. The average Bonchev–Trinajstić information content (AvgIpc) is 2.36. The Kier molecular flexibility index (Phi) is 12.5. The van der Waals surface area contributed by atoms with Gasteiger partial charge in [-0.1, -0.05) is 98.3 Å². The molecule has 0 bridgehead atoms. The standard InChI is InChI=1S/C17H36/c1-5-8-9-10-11-14-17(7-3)15-12-13-16(4)6-2/h16-17H,5-15H2,1-4H3. The molecule has 0 saturated heterocycles. The van der Waals surface area contributed by atoms with Gasteiger partial charge >= 0.3 is 0 Å². The van der Waals surface area contributed by atoms with Crippen molar-refractivity contribution >= 4 is 0 Å². The molecule has 0 aromatic heterocycles. The van der Waals surface area contributed by atoms with Crippen LogP contribution in [0.25, 0.3) is 0 Å². The molecule has 0 aliphatic rings. The zero-order chi connectivity index (χ0) is 12.9. The first-order chi connectivity index (χ1) is 8.24. The largest absolute Gasteiger partial charge is 0.0654 e. The van der Waals surface area contributed by atoms with Crippen LogP contribution in [0.2, 0.25) is 0 Å². The maximum atomic E-state index is 2.39. The monoisotopic (exact) mass is 240 g/mol. The highest BCUT2D eigenvalue weighted by Crippen LogP contribution is 2.22. The van der Waals surface area contributed by atoms with Gasteiger partial charge in [0.25, 0.3) is 0 Å². The molecule has 0 aliphatic carbocycles. The van der Waals surface area contributed by atoms with Crippen LogP contribution in [0.4, 0.5) is 0 Å². The SMILES string of the molecule is CCCCCCCC(CC)CCCC(C)CC. The van der Waals surface area contributed by atoms with Gasteiger partial charge in [0.2, 0.25) is 0 Å². The lowest BCUT2D eigenvalue weighted by Gasteiger charge is -2.16. The second-order valence-corrected chi connectivity index (χ2v) is 5.92. The Morgan fingerprint density at radius 2 is 1.29 bits per heavy atom. The van der Waals surface area contributed by atoms with Crippen molar-refractivity contribution in [1.29, 1.82) is 0 Å². The highest BCUT2D eigenvalue weighted by atomic mass is 14.1. The van der Waals surface area contributed by atoms with Crippen molar-refractivity contribution in [2.75, 3.05) is 0 Å². The van der Waals surface area contributed by atoms with E-state index in [0.29, 0.717) is 0 Å². The van der Waals surface area contributed by atoms with Gasteiger partial charge in [0.05, 0.1) is 0 Å². The van der Waals surface area contributed by atoms with Crippen LogP contribution in [0, 0.1) is 11.8 Å². The van der Waals surface area contributed by atoms with Gasteiger partial charge in [-0.25, -0.2) is 0 Å². The first-order valence-electron chi connectivity index (χ1n) is 8.24. The minimum atomic E-state index is 0.942. The lowest BCUT2D eigenvalue weighted by Crippen LogP contribution is -2.01. The maximum Gasteiger partial charge on any atom is -0.0417 e. The minimum Gasteiger partial charge on any atom is -0.0654 e. The molecule has 17 heavy (non-hydrogen) atoms. The molecule has 0 aliphatic heterocycles. The van der Waals surface area contributed by atoms with E-state index in [1.165, 1.54) is 70.6 Å². The smallest absolute Gasteiger partial charge is 0.0417 e. The Morgan fingerprint density at radius 1 is 0.647 bits per heavy atom. The fraction of sp³-hybridized carbons (Fsp3) is 1.00. The number of unbranched alkanes of at least 4 members (excludes halogenated alkanes) is 4. The van der Waals surface area contributed by atoms with Crippen molar-refractivity contribution in [2.45, 2.75) is 98.3 Å². The van der Waals surface area contributed by atoms with E-state index in [9.17, 15) is 0 Å². The summed E-state index contributed by atoms with van der Waals surface area (Å²) in [7, 11) is 0. The maximum absolute atomic E-state index is 2.39. The Hall–Kier alpha value is 0. The number of rotatable bonds is 12.